The maximum atomic E-state index is 12.4. The molecule has 0 aliphatic carbocycles. The second-order valence-electron chi connectivity index (χ2n) is 5.86. The zero-order chi connectivity index (χ0) is 20.6. The van der Waals surface area contributed by atoms with Crippen LogP contribution in [-0.4, -0.2) is 59.3 Å². The Kier molecular flexibility index (Phi) is 8.62. The van der Waals surface area contributed by atoms with Crippen molar-refractivity contribution in [2.45, 2.75) is 45.3 Å². The molecule has 0 fully saturated rings. The molecule has 0 bridgehead atoms. The Balaban J connectivity index is 3.15. The third-order valence-electron chi connectivity index (χ3n) is 4.03. The first-order chi connectivity index (χ1) is 12.7. The second-order valence-corrected chi connectivity index (χ2v) is 5.86. The summed E-state index contributed by atoms with van der Waals surface area (Å²) in [6.45, 7) is -2.08. The topological polar surface area (TPSA) is 181 Å². The van der Waals surface area contributed by atoms with Gasteiger partial charge < -0.3 is 20.4 Å². The SMILES string of the molecule is O=C(O)CCCC(CCn1c(=O)n(CCO)c(=O)n(CCO)c1=O)C(=O)O. The van der Waals surface area contributed by atoms with Crippen molar-refractivity contribution in [1.82, 2.24) is 13.7 Å². The predicted molar refractivity (Wildman–Crippen MR) is 90.6 cm³/mol. The van der Waals surface area contributed by atoms with Gasteiger partial charge in [0.05, 0.1) is 32.2 Å². The van der Waals surface area contributed by atoms with Crippen LogP contribution < -0.4 is 17.1 Å². The lowest BCUT2D eigenvalue weighted by molar-refractivity contribution is -0.143. The van der Waals surface area contributed by atoms with E-state index in [0.29, 0.717) is 13.7 Å². The Morgan fingerprint density at radius 1 is 0.778 bits per heavy atom. The lowest BCUT2D eigenvalue weighted by Gasteiger charge is -2.15. The zero-order valence-corrected chi connectivity index (χ0v) is 14.6. The van der Waals surface area contributed by atoms with Gasteiger partial charge in [-0.15, -0.1) is 0 Å². The second kappa shape index (κ2) is 10.4. The summed E-state index contributed by atoms with van der Waals surface area (Å²) in [4.78, 5) is 58.7. The van der Waals surface area contributed by atoms with Crippen LogP contribution >= 0.6 is 0 Å². The van der Waals surface area contributed by atoms with Crippen LogP contribution in [0, 0.1) is 5.92 Å². The van der Waals surface area contributed by atoms with Crippen LogP contribution in [-0.2, 0) is 29.2 Å². The highest BCUT2D eigenvalue weighted by molar-refractivity contribution is 5.70. The summed E-state index contributed by atoms with van der Waals surface area (Å²) in [5.41, 5.74) is -2.94. The minimum atomic E-state index is -1.19. The number of hydrogen-bond donors (Lipinski definition) is 4. The van der Waals surface area contributed by atoms with Crippen molar-refractivity contribution >= 4 is 11.9 Å². The third kappa shape index (κ3) is 5.89. The number of carboxylic acids is 2. The fraction of sp³-hybridized carbons (Fsp3) is 0.667. The molecule has 0 spiro atoms. The van der Waals surface area contributed by atoms with Crippen LogP contribution in [0.1, 0.15) is 25.7 Å². The van der Waals surface area contributed by atoms with Gasteiger partial charge in [0.15, 0.2) is 0 Å². The average Bonchev–Trinajstić information content (AvgIpc) is 2.60. The largest absolute Gasteiger partial charge is 0.481 e. The number of hydrogen-bond acceptors (Lipinski definition) is 7. The molecule has 1 heterocycles. The van der Waals surface area contributed by atoms with Gasteiger partial charge in [-0.3, -0.25) is 9.59 Å². The van der Waals surface area contributed by atoms with E-state index in [1.165, 1.54) is 0 Å². The Morgan fingerprint density at radius 2 is 1.22 bits per heavy atom. The quantitative estimate of drug-likeness (QED) is 0.300. The molecule has 0 saturated carbocycles. The molecule has 1 aromatic rings. The molecule has 4 N–H and O–H groups in total. The number of nitrogens with zero attached hydrogens (tertiary/aromatic N) is 3. The predicted octanol–water partition coefficient (Wildman–Crippen LogP) is -2.50. The van der Waals surface area contributed by atoms with E-state index in [2.05, 4.69) is 0 Å². The molecular weight excluding hydrogens is 366 g/mol. The van der Waals surface area contributed by atoms with Crippen molar-refractivity contribution in [3.05, 3.63) is 31.5 Å². The molecule has 1 rings (SSSR count). The first-order valence-electron chi connectivity index (χ1n) is 8.35. The number of aromatic nitrogens is 3. The van der Waals surface area contributed by atoms with Gasteiger partial charge in [-0.25, -0.2) is 28.1 Å². The molecule has 152 valence electrons. The van der Waals surface area contributed by atoms with Crippen molar-refractivity contribution < 1.29 is 30.0 Å². The van der Waals surface area contributed by atoms with Gasteiger partial charge in [0.1, 0.15) is 0 Å². The molecule has 1 atom stereocenters. The molecule has 12 heteroatoms. The molecule has 0 radical (unpaired) electrons. The van der Waals surface area contributed by atoms with E-state index in [1.807, 2.05) is 0 Å². The van der Waals surface area contributed by atoms with Gasteiger partial charge in [0.2, 0.25) is 0 Å². The highest BCUT2D eigenvalue weighted by Gasteiger charge is 2.20. The number of rotatable bonds is 12. The zero-order valence-electron chi connectivity index (χ0n) is 14.6. The molecule has 0 aliphatic heterocycles. The normalized spacial score (nSPS) is 12.1. The molecular formula is C15H23N3O9. The Hall–Kier alpha value is -2.73. The number of carbonyl (C=O) groups is 2. The van der Waals surface area contributed by atoms with Gasteiger partial charge in [-0.2, -0.15) is 0 Å². The van der Waals surface area contributed by atoms with Crippen molar-refractivity contribution in [2.24, 2.45) is 5.92 Å². The molecule has 0 aromatic carbocycles. The smallest absolute Gasteiger partial charge is 0.336 e. The van der Waals surface area contributed by atoms with E-state index in [1.54, 1.807) is 0 Å². The lowest BCUT2D eigenvalue weighted by atomic mass is 9.98. The summed E-state index contributed by atoms with van der Waals surface area (Å²) < 4.78 is 1.95. The van der Waals surface area contributed by atoms with Gasteiger partial charge in [-0.05, 0) is 19.3 Å². The van der Waals surface area contributed by atoms with Crippen LogP contribution in [0.4, 0.5) is 0 Å². The summed E-state index contributed by atoms with van der Waals surface area (Å²) in [6, 6.07) is 0. The van der Waals surface area contributed by atoms with Crippen molar-refractivity contribution in [3.63, 3.8) is 0 Å². The van der Waals surface area contributed by atoms with Crippen LogP contribution in [0.5, 0.6) is 0 Å². The molecule has 1 aromatic heterocycles. The van der Waals surface area contributed by atoms with E-state index >= 15 is 0 Å². The van der Waals surface area contributed by atoms with Crippen LogP contribution in [0.15, 0.2) is 14.4 Å². The van der Waals surface area contributed by atoms with Crippen LogP contribution in [0.3, 0.4) is 0 Å². The van der Waals surface area contributed by atoms with Crippen LogP contribution in [0.2, 0.25) is 0 Å². The number of aliphatic hydroxyl groups is 2. The Bertz CT molecular complexity index is 792. The molecule has 0 amide bonds. The third-order valence-corrected chi connectivity index (χ3v) is 4.03. The molecule has 1 unspecified atom stereocenters. The van der Waals surface area contributed by atoms with E-state index < -0.39 is 48.1 Å². The molecule has 12 nitrogen and oxygen atoms in total. The Morgan fingerprint density at radius 3 is 1.59 bits per heavy atom. The highest BCUT2D eigenvalue weighted by atomic mass is 16.4. The first-order valence-corrected chi connectivity index (χ1v) is 8.35. The van der Waals surface area contributed by atoms with Gasteiger partial charge >= 0.3 is 29.0 Å². The lowest BCUT2D eigenvalue weighted by Crippen LogP contribution is -2.55. The number of aliphatic hydroxyl groups excluding tert-OH is 2. The maximum absolute atomic E-state index is 12.4. The van der Waals surface area contributed by atoms with E-state index in [0.717, 1.165) is 0 Å². The minimum Gasteiger partial charge on any atom is -0.481 e. The number of aliphatic carboxylic acids is 2. The van der Waals surface area contributed by atoms with E-state index in [4.69, 9.17) is 15.3 Å². The average molecular weight is 389 g/mol. The molecule has 0 saturated heterocycles. The summed E-state index contributed by atoms with van der Waals surface area (Å²) in [7, 11) is 0. The summed E-state index contributed by atoms with van der Waals surface area (Å²) in [6.07, 6.45) is -0.146. The van der Waals surface area contributed by atoms with E-state index in [-0.39, 0.29) is 45.3 Å². The fourth-order valence-corrected chi connectivity index (χ4v) is 2.63. The molecule has 27 heavy (non-hydrogen) atoms. The van der Waals surface area contributed by atoms with Crippen molar-refractivity contribution in [2.75, 3.05) is 13.2 Å². The van der Waals surface area contributed by atoms with Gasteiger partial charge in [0.25, 0.3) is 0 Å². The highest BCUT2D eigenvalue weighted by Crippen LogP contribution is 2.13. The van der Waals surface area contributed by atoms with E-state index in [9.17, 15) is 29.1 Å². The minimum absolute atomic E-state index is 0.0531. The standard InChI is InChI=1S/C15H23N3O9/c19-8-6-17-13(25)16(14(26)18(7-9-20)15(17)27)5-4-10(12(23)24)2-1-3-11(21)22/h10,19-20H,1-9H2,(H,21,22)(H,23,24). The summed E-state index contributed by atoms with van der Waals surface area (Å²) >= 11 is 0. The van der Waals surface area contributed by atoms with Gasteiger partial charge in [0, 0.05) is 13.0 Å². The fourth-order valence-electron chi connectivity index (χ4n) is 2.63. The maximum Gasteiger partial charge on any atom is 0.336 e. The Labute approximate surface area is 152 Å². The first kappa shape index (κ1) is 22.3. The van der Waals surface area contributed by atoms with Crippen molar-refractivity contribution in [3.8, 4) is 0 Å². The molecule has 0 aliphatic rings. The van der Waals surface area contributed by atoms with Crippen LogP contribution in [0.25, 0.3) is 0 Å². The monoisotopic (exact) mass is 389 g/mol. The van der Waals surface area contributed by atoms with Crippen molar-refractivity contribution in [1.29, 1.82) is 0 Å². The summed E-state index contributed by atoms with van der Waals surface area (Å²) in [5.74, 6) is -3.22. The summed E-state index contributed by atoms with van der Waals surface area (Å²) in [5, 5.41) is 35.9. The van der Waals surface area contributed by atoms with Gasteiger partial charge in [-0.1, -0.05) is 0 Å². The number of carboxylic acid groups (broad SMARTS) is 2.